The summed E-state index contributed by atoms with van der Waals surface area (Å²) >= 11 is 1.53. The van der Waals surface area contributed by atoms with E-state index >= 15 is 0 Å². The van der Waals surface area contributed by atoms with Gasteiger partial charge in [-0.2, -0.15) is 5.10 Å². The van der Waals surface area contributed by atoms with Crippen LogP contribution in [0.4, 0.5) is 10.5 Å². The van der Waals surface area contributed by atoms with E-state index in [0.717, 1.165) is 61.5 Å². The van der Waals surface area contributed by atoms with E-state index in [0.29, 0.717) is 13.1 Å². The summed E-state index contributed by atoms with van der Waals surface area (Å²) in [7, 11) is 0. The molecule has 8 heteroatoms. The van der Waals surface area contributed by atoms with Crippen LogP contribution >= 0.6 is 11.3 Å². The van der Waals surface area contributed by atoms with E-state index in [1.165, 1.54) is 11.3 Å². The van der Waals surface area contributed by atoms with Crippen LogP contribution in [0.1, 0.15) is 33.6 Å². The quantitative estimate of drug-likeness (QED) is 0.183. The minimum atomic E-state index is -0.827. The molecule has 0 fully saturated rings. The first-order chi connectivity index (χ1) is 22.6. The van der Waals surface area contributed by atoms with E-state index in [1.54, 1.807) is 10.4 Å². The molecule has 0 atom stereocenters. The van der Waals surface area contributed by atoms with Crippen molar-refractivity contribution in [3.05, 3.63) is 166 Å². The van der Waals surface area contributed by atoms with Gasteiger partial charge in [0.2, 0.25) is 0 Å². The third-order valence-corrected chi connectivity index (χ3v) is 9.33. The topological polar surface area (TPSA) is 75.9 Å². The summed E-state index contributed by atoms with van der Waals surface area (Å²) < 4.78 is 2.15. The van der Waals surface area contributed by atoms with E-state index in [2.05, 4.69) is 111 Å². The number of hydrogen-bond donors (Lipinski definition) is 1. The molecule has 0 spiro atoms. The molecule has 0 saturated carbocycles. The molecule has 7 nitrogen and oxygen atoms in total. The van der Waals surface area contributed by atoms with Crippen LogP contribution in [0.15, 0.2) is 132 Å². The van der Waals surface area contributed by atoms with Gasteiger partial charge in [0.05, 0.1) is 23.3 Å². The first kappa shape index (κ1) is 27.9. The van der Waals surface area contributed by atoms with E-state index in [1.807, 2.05) is 42.8 Å². The Bertz CT molecular complexity index is 2070. The molecule has 1 aliphatic heterocycles. The number of nitrogens with zero attached hydrogens (tertiary/aromatic N) is 5. The molecule has 3 aromatic heterocycles. The standard InChI is InChI=1S/C38H30N6OS/c1-26-19-27(17-18-39-26)36-33-20-28-22-43(23-32-24-46-25-40-32)37(45)41-34(28)21-35(33)44(42-36)38(29-11-5-2-6-12-29,30-13-7-3-8-14-30)31-15-9-4-10-16-31/h2-21,24-25H,22-23H2,1H3,(H,41,45). The number of aryl methyl sites for hydroxylation is 1. The number of carbonyl (C=O) groups excluding carboxylic acids is 1. The third kappa shape index (κ3) is 4.66. The summed E-state index contributed by atoms with van der Waals surface area (Å²) in [6.07, 6.45) is 1.84. The largest absolute Gasteiger partial charge is 0.322 e. The summed E-state index contributed by atoms with van der Waals surface area (Å²) in [5, 5.41) is 11.7. The molecule has 1 aliphatic rings. The minimum absolute atomic E-state index is 0.142. The van der Waals surface area contributed by atoms with Gasteiger partial charge in [-0.25, -0.2) is 14.5 Å². The number of amides is 2. The average Bonchev–Trinajstić information content (AvgIpc) is 3.74. The Morgan fingerprint density at radius 1 is 0.826 bits per heavy atom. The number of benzene rings is 4. The van der Waals surface area contributed by atoms with Gasteiger partial charge >= 0.3 is 6.03 Å². The van der Waals surface area contributed by atoms with Crippen molar-refractivity contribution in [2.24, 2.45) is 0 Å². The van der Waals surface area contributed by atoms with Crippen LogP contribution < -0.4 is 5.32 Å². The third-order valence-electron chi connectivity index (χ3n) is 8.69. The molecule has 4 aromatic carbocycles. The maximum absolute atomic E-state index is 13.4. The molecular weight excluding hydrogens is 589 g/mol. The molecule has 0 aliphatic carbocycles. The zero-order valence-electron chi connectivity index (χ0n) is 25.2. The van der Waals surface area contributed by atoms with Crippen LogP contribution in [0.2, 0.25) is 0 Å². The van der Waals surface area contributed by atoms with Gasteiger partial charge in [0.1, 0.15) is 11.2 Å². The van der Waals surface area contributed by atoms with Crippen LogP contribution in [0.5, 0.6) is 0 Å². The number of urea groups is 1. The van der Waals surface area contributed by atoms with Crippen molar-refractivity contribution in [1.82, 2.24) is 24.6 Å². The normalized spacial score (nSPS) is 13.1. The Labute approximate surface area is 270 Å². The van der Waals surface area contributed by atoms with Crippen molar-refractivity contribution in [1.29, 1.82) is 0 Å². The van der Waals surface area contributed by atoms with E-state index in [-0.39, 0.29) is 6.03 Å². The van der Waals surface area contributed by atoms with Crippen molar-refractivity contribution in [2.75, 3.05) is 5.32 Å². The molecule has 46 heavy (non-hydrogen) atoms. The molecule has 2 amide bonds. The predicted octanol–water partition coefficient (Wildman–Crippen LogP) is 8.25. The zero-order chi connectivity index (χ0) is 31.1. The number of fused-ring (bicyclic) bond motifs is 2. The van der Waals surface area contributed by atoms with Gasteiger partial charge in [-0.1, -0.05) is 91.0 Å². The number of hydrogen-bond acceptors (Lipinski definition) is 5. The Morgan fingerprint density at radius 2 is 1.48 bits per heavy atom. The van der Waals surface area contributed by atoms with E-state index < -0.39 is 5.54 Å². The fourth-order valence-electron chi connectivity index (χ4n) is 6.63. The first-order valence-electron chi connectivity index (χ1n) is 15.2. The molecule has 0 bridgehead atoms. The summed E-state index contributed by atoms with van der Waals surface area (Å²) in [6.45, 7) is 2.91. The number of pyridine rings is 1. The summed E-state index contributed by atoms with van der Waals surface area (Å²) in [5.41, 5.74) is 10.6. The van der Waals surface area contributed by atoms with Gasteiger partial charge in [0, 0.05) is 40.5 Å². The molecule has 8 rings (SSSR count). The van der Waals surface area contributed by atoms with Gasteiger partial charge < -0.3 is 10.2 Å². The molecule has 1 N–H and O–H groups in total. The first-order valence-corrected chi connectivity index (χ1v) is 16.1. The van der Waals surface area contributed by atoms with Crippen LogP contribution in [0.25, 0.3) is 22.2 Å². The Kier molecular flexibility index (Phi) is 6.92. The van der Waals surface area contributed by atoms with Gasteiger partial charge in [0.15, 0.2) is 0 Å². The smallest absolute Gasteiger partial charge is 0.314 e. The lowest BCUT2D eigenvalue weighted by atomic mass is 9.77. The van der Waals surface area contributed by atoms with Crippen molar-refractivity contribution in [3.8, 4) is 11.3 Å². The Morgan fingerprint density at radius 3 is 2.07 bits per heavy atom. The molecule has 0 unspecified atom stereocenters. The fraction of sp³-hybridized carbons (Fsp3) is 0.105. The van der Waals surface area contributed by atoms with E-state index in [4.69, 9.17) is 5.10 Å². The van der Waals surface area contributed by atoms with Gasteiger partial charge in [-0.15, -0.1) is 11.3 Å². The zero-order valence-corrected chi connectivity index (χ0v) is 26.0. The monoisotopic (exact) mass is 618 g/mol. The van der Waals surface area contributed by atoms with E-state index in [9.17, 15) is 4.79 Å². The molecular formula is C38H30N6OS. The van der Waals surface area contributed by atoms with Gasteiger partial charge in [-0.3, -0.25) is 4.98 Å². The van der Waals surface area contributed by atoms with Crippen LogP contribution in [-0.2, 0) is 18.6 Å². The van der Waals surface area contributed by atoms with Crippen molar-refractivity contribution in [2.45, 2.75) is 25.6 Å². The molecule has 224 valence electrons. The second-order valence-electron chi connectivity index (χ2n) is 11.5. The Hall–Kier alpha value is -5.60. The molecule has 0 saturated heterocycles. The highest BCUT2D eigenvalue weighted by Gasteiger charge is 2.41. The van der Waals surface area contributed by atoms with Crippen LogP contribution in [0, 0.1) is 6.92 Å². The lowest BCUT2D eigenvalue weighted by Crippen LogP contribution is -2.39. The number of rotatable bonds is 7. The van der Waals surface area contributed by atoms with Crippen molar-refractivity contribution in [3.63, 3.8) is 0 Å². The highest BCUT2D eigenvalue weighted by Crippen LogP contribution is 2.45. The lowest BCUT2D eigenvalue weighted by molar-refractivity contribution is 0.203. The summed E-state index contributed by atoms with van der Waals surface area (Å²) in [6, 6.07) is 39.8. The maximum Gasteiger partial charge on any atom is 0.322 e. The second kappa shape index (κ2) is 11.4. The number of thiazole rings is 1. The number of aromatic nitrogens is 4. The number of nitrogens with one attached hydrogen (secondary N) is 1. The van der Waals surface area contributed by atoms with Crippen LogP contribution in [0.3, 0.4) is 0 Å². The highest BCUT2D eigenvalue weighted by atomic mass is 32.1. The lowest BCUT2D eigenvalue weighted by Gasteiger charge is -2.37. The maximum atomic E-state index is 13.4. The molecule has 7 aromatic rings. The van der Waals surface area contributed by atoms with Crippen LogP contribution in [-0.4, -0.2) is 30.7 Å². The predicted molar refractivity (Wildman–Crippen MR) is 183 cm³/mol. The second-order valence-corrected chi connectivity index (χ2v) is 12.3. The Balaban J connectivity index is 1.44. The number of carbonyl (C=O) groups is 1. The fourth-order valence-corrected chi connectivity index (χ4v) is 7.18. The van der Waals surface area contributed by atoms with Gasteiger partial charge in [0.25, 0.3) is 0 Å². The van der Waals surface area contributed by atoms with Gasteiger partial charge in [-0.05, 0) is 53.4 Å². The average molecular weight is 619 g/mol. The SMILES string of the molecule is Cc1cc(-c2nn(C(c3ccccc3)(c3ccccc3)c3ccccc3)c3cc4c(cc23)CN(Cc2cscn2)C(=O)N4)ccn1. The number of anilines is 1. The van der Waals surface area contributed by atoms with Crippen molar-refractivity contribution >= 4 is 34.0 Å². The summed E-state index contributed by atoms with van der Waals surface area (Å²) in [5.74, 6) is 0. The minimum Gasteiger partial charge on any atom is -0.314 e. The van der Waals surface area contributed by atoms with Crippen molar-refractivity contribution < 1.29 is 4.79 Å². The summed E-state index contributed by atoms with van der Waals surface area (Å²) in [4.78, 5) is 24.1. The highest BCUT2D eigenvalue weighted by molar-refractivity contribution is 7.07. The molecule has 0 radical (unpaired) electrons. The molecule has 4 heterocycles.